The number of carbonyl (C=O) groups excluding carboxylic acids is 4. The van der Waals surface area contributed by atoms with Crippen molar-refractivity contribution in [3.8, 4) is 0 Å². The second kappa shape index (κ2) is 8.55. The van der Waals surface area contributed by atoms with Crippen LogP contribution in [0.15, 0.2) is 95.2 Å². The Kier molecular flexibility index (Phi) is 5.72. The van der Waals surface area contributed by atoms with Crippen LogP contribution in [-0.4, -0.2) is 23.3 Å². The summed E-state index contributed by atoms with van der Waals surface area (Å²) in [7, 11) is 0. The van der Waals surface area contributed by atoms with Crippen molar-refractivity contribution in [2.24, 2.45) is 0 Å². The van der Waals surface area contributed by atoms with E-state index in [1.807, 2.05) is 0 Å². The van der Waals surface area contributed by atoms with Crippen molar-refractivity contribution in [2.45, 2.75) is 0 Å². The van der Waals surface area contributed by atoms with Crippen LogP contribution in [-0.2, 0) is 4.79 Å². The predicted molar refractivity (Wildman–Crippen MR) is 101 cm³/mol. The lowest BCUT2D eigenvalue weighted by Crippen LogP contribution is -2.33. The Labute approximate surface area is 160 Å². The maximum Gasteiger partial charge on any atom is 0.300 e. The molecule has 1 heterocycles. The minimum atomic E-state index is -1.08. The van der Waals surface area contributed by atoms with Crippen molar-refractivity contribution in [1.82, 2.24) is 5.32 Å². The maximum atomic E-state index is 12.8. The van der Waals surface area contributed by atoms with Gasteiger partial charge in [-0.1, -0.05) is 60.7 Å². The number of allylic oxidation sites excluding steroid dienone is 2. The smallest absolute Gasteiger partial charge is 0.300 e. The molecule has 28 heavy (non-hydrogen) atoms. The molecule has 1 aromatic heterocycles. The van der Waals surface area contributed by atoms with Crippen LogP contribution in [0.25, 0.3) is 0 Å². The van der Waals surface area contributed by atoms with Gasteiger partial charge in [0.05, 0.1) is 12.0 Å². The number of furan rings is 1. The molecule has 0 saturated carbocycles. The first-order chi connectivity index (χ1) is 13.6. The van der Waals surface area contributed by atoms with E-state index in [9.17, 15) is 19.2 Å². The molecule has 0 aliphatic carbocycles. The Morgan fingerprint density at radius 2 is 1.32 bits per heavy atom. The van der Waals surface area contributed by atoms with Gasteiger partial charge in [-0.3, -0.25) is 19.2 Å². The largest absolute Gasteiger partial charge is 0.461 e. The standard InChI is InChI=1S/C22H15NO5/c24-18(15-8-3-1-4-9-15)14-17(20(25)16-10-5-2-6-11-16)23-22(27)21(26)19-12-7-13-28-19/h1-14H,(H,23,27)/b17-14+. The monoisotopic (exact) mass is 373 g/mol. The van der Waals surface area contributed by atoms with E-state index in [-0.39, 0.29) is 17.0 Å². The number of benzene rings is 2. The molecule has 6 nitrogen and oxygen atoms in total. The quantitative estimate of drug-likeness (QED) is 0.390. The van der Waals surface area contributed by atoms with Crippen LogP contribution in [0.1, 0.15) is 31.3 Å². The number of nitrogens with one attached hydrogen (secondary N) is 1. The summed E-state index contributed by atoms with van der Waals surface area (Å²) in [5.74, 6) is -3.27. The first-order valence-electron chi connectivity index (χ1n) is 8.36. The van der Waals surface area contributed by atoms with Crippen molar-refractivity contribution in [3.63, 3.8) is 0 Å². The van der Waals surface area contributed by atoms with E-state index in [1.165, 1.54) is 18.4 Å². The summed E-state index contributed by atoms with van der Waals surface area (Å²) < 4.78 is 4.91. The molecule has 2 aromatic carbocycles. The Bertz CT molecular complexity index is 1040. The van der Waals surface area contributed by atoms with Gasteiger partial charge in [-0.2, -0.15) is 0 Å². The molecule has 0 aliphatic heterocycles. The first-order valence-corrected chi connectivity index (χ1v) is 8.36. The molecule has 6 heteroatoms. The van der Waals surface area contributed by atoms with Gasteiger partial charge in [0, 0.05) is 17.2 Å². The maximum absolute atomic E-state index is 12.8. The van der Waals surface area contributed by atoms with E-state index in [0.29, 0.717) is 5.56 Å². The minimum Gasteiger partial charge on any atom is -0.461 e. The van der Waals surface area contributed by atoms with E-state index in [2.05, 4.69) is 5.32 Å². The van der Waals surface area contributed by atoms with E-state index in [1.54, 1.807) is 60.7 Å². The van der Waals surface area contributed by atoms with Crippen LogP contribution in [0, 0.1) is 0 Å². The second-order valence-corrected chi connectivity index (χ2v) is 5.74. The van der Waals surface area contributed by atoms with Gasteiger partial charge in [0.25, 0.3) is 11.7 Å². The highest BCUT2D eigenvalue weighted by molar-refractivity contribution is 6.43. The molecule has 0 atom stereocenters. The topological polar surface area (TPSA) is 93.5 Å². The van der Waals surface area contributed by atoms with Gasteiger partial charge in [0.2, 0.25) is 5.78 Å². The molecule has 138 valence electrons. The van der Waals surface area contributed by atoms with Gasteiger partial charge < -0.3 is 9.73 Å². The minimum absolute atomic E-state index is 0.168. The van der Waals surface area contributed by atoms with Crippen LogP contribution < -0.4 is 5.32 Å². The third kappa shape index (κ3) is 4.37. The fourth-order valence-corrected chi connectivity index (χ4v) is 2.42. The molecule has 3 aromatic rings. The van der Waals surface area contributed by atoms with Gasteiger partial charge in [-0.05, 0) is 12.1 Å². The zero-order valence-electron chi connectivity index (χ0n) is 14.6. The molecule has 1 N–H and O–H groups in total. The number of Topliss-reactive ketones (excluding diaryl/α,β-unsaturated/α-hetero) is 2. The van der Waals surface area contributed by atoms with Gasteiger partial charge in [0.1, 0.15) is 0 Å². The second-order valence-electron chi connectivity index (χ2n) is 5.74. The Morgan fingerprint density at radius 1 is 0.714 bits per heavy atom. The van der Waals surface area contributed by atoms with E-state index in [4.69, 9.17) is 4.42 Å². The first kappa shape index (κ1) is 18.7. The lowest BCUT2D eigenvalue weighted by molar-refractivity contribution is -0.116. The third-order valence-electron chi connectivity index (χ3n) is 3.81. The summed E-state index contributed by atoms with van der Waals surface area (Å²) in [5.41, 5.74) is 0.304. The average Bonchev–Trinajstić information content (AvgIpc) is 3.28. The molecule has 0 saturated heterocycles. The molecular formula is C22H15NO5. The highest BCUT2D eigenvalue weighted by atomic mass is 16.3. The molecular weight excluding hydrogens is 358 g/mol. The summed E-state index contributed by atoms with van der Waals surface area (Å²) in [6.07, 6.45) is 2.27. The summed E-state index contributed by atoms with van der Waals surface area (Å²) >= 11 is 0. The van der Waals surface area contributed by atoms with Gasteiger partial charge in [0.15, 0.2) is 11.5 Å². The van der Waals surface area contributed by atoms with Crippen LogP contribution in [0.4, 0.5) is 0 Å². The highest BCUT2D eigenvalue weighted by Crippen LogP contribution is 2.10. The molecule has 0 spiro atoms. The predicted octanol–water partition coefficient (Wildman–Crippen LogP) is 3.23. The van der Waals surface area contributed by atoms with E-state index < -0.39 is 23.3 Å². The van der Waals surface area contributed by atoms with Crippen LogP contribution in [0.2, 0.25) is 0 Å². The number of carbonyl (C=O) groups is 4. The summed E-state index contributed by atoms with van der Waals surface area (Å²) in [6.45, 7) is 0. The van der Waals surface area contributed by atoms with E-state index >= 15 is 0 Å². The van der Waals surface area contributed by atoms with Crippen molar-refractivity contribution in [1.29, 1.82) is 0 Å². The number of ketones is 3. The van der Waals surface area contributed by atoms with Crippen LogP contribution in [0.3, 0.4) is 0 Å². The Hall–Kier alpha value is -4.06. The summed E-state index contributed by atoms with van der Waals surface area (Å²) in [4.78, 5) is 49.7. The van der Waals surface area contributed by atoms with Crippen molar-refractivity contribution < 1.29 is 23.6 Å². The highest BCUT2D eigenvalue weighted by Gasteiger charge is 2.23. The van der Waals surface area contributed by atoms with Crippen LogP contribution in [0.5, 0.6) is 0 Å². The number of amides is 1. The molecule has 3 rings (SSSR count). The SMILES string of the molecule is O=C(N/C(=C/C(=O)c1ccccc1)C(=O)c1ccccc1)C(=O)c1ccco1. The fraction of sp³-hybridized carbons (Fsp3) is 0. The van der Waals surface area contributed by atoms with Crippen LogP contribution >= 0.6 is 0 Å². The van der Waals surface area contributed by atoms with Crippen molar-refractivity contribution in [2.75, 3.05) is 0 Å². The van der Waals surface area contributed by atoms with Gasteiger partial charge in [-0.25, -0.2) is 0 Å². The fourth-order valence-electron chi connectivity index (χ4n) is 2.42. The third-order valence-corrected chi connectivity index (χ3v) is 3.81. The van der Waals surface area contributed by atoms with Crippen molar-refractivity contribution in [3.05, 3.63) is 108 Å². The van der Waals surface area contributed by atoms with E-state index in [0.717, 1.165) is 6.08 Å². The molecule has 1 amide bonds. The summed E-state index contributed by atoms with van der Waals surface area (Å²) in [5, 5.41) is 2.25. The average molecular weight is 373 g/mol. The zero-order valence-corrected chi connectivity index (χ0v) is 14.6. The lowest BCUT2D eigenvalue weighted by atomic mass is 10.0. The molecule has 0 radical (unpaired) electrons. The van der Waals surface area contributed by atoms with Gasteiger partial charge >= 0.3 is 0 Å². The zero-order chi connectivity index (χ0) is 19.9. The molecule has 0 unspecified atom stereocenters. The normalized spacial score (nSPS) is 10.9. The molecule has 0 bridgehead atoms. The van der Waals surface area contributed by atoms with Crippen molar-refractivity contribution >= 4 is 23.3 Å². The molecule has 0 fully saturated rings. The lowest BCUT2D eigenvalue weighted by Gasteiger charge is -2.08. The Balaban J connectivity index is 1.91. The Morgan fingerprint density at radius 3 is 1.89 bits per heavy atom. The number of hydrogen-bond donors (Lipinski definition) is 1. The molecule has 0 aliphatic rings. The number of rotatable bonds is 7. The summed E-state index contributed by atoms with van der Waals surface area (Å²) in [6, 6.07) is 19.2. The van der Waals surface area contributed by atoms with Gasteiger partial charge in [-0.15, -0.1) is 0 Å². The number of hydrogen-bond acceptors (Lipinski definition) is 5.